The molecule has 3 aromatic carbocycles. The Morgan fingerprint density at radius 3 is 2.28 bits per heavy atom. The van der Waals surface area contributed by atoms with Crippen LogP contribution in [-0.2, 0) is 37.8 Å². The maximum Gasteiger partial charge on any atom is 0.322 e. The Bertz CT molecular complexity index is 1460. The number of sulfonamides is 2. The van der Waals surface area contributed by atoms with Crippen molar-refractivity contribution in [1.29, 1.82) is 0 Å². The molecule has 0 amide bonds. The van der Waals surface area contributed by atoms with E-state index >= 15 is 0 Å². The van der Waals surface area contributed by atoms with Crippen LogP contribution in [-0.4, -0.2) is 45.3 Å². The van der Waals surface area contributed by atoms with Crippen molar-refractivity contribution in [2.24, 2.45) is 5.14 Å². The molecule has 3 rings (SSSR count). The highest BCUT2D eigenvalue weighted by molar-refractivity contribution is 7.89. The molecule has 0 heterocycles. The van der Waals surface area contributed by atoms with E-state index in [0.29, 0.717) is 16.8 Å². The summed E-state index contributed by atoms with van der Waals surface area (Å²) < 4.78 is 51.5. The topological polar surface area (TPSA) is 147 Å². The molecule has 0 radical (unpaired) electrons. The van der Waals surface area contributed by atoms with Gasteiger partial charge in [-0.2, -0.15) is 4.31 Å². The van der Waals surface area contributed by atoms with E-state index in [0.717, 1.165) is 0 Å². The molecule has 0 spiro atoms. The number of rotatable bonds is 11. The van der Waals surface area contributed by atoms with E-state index in [1.54, 1.807) is 36.4 Å². The monoisotopic (exact) mass is 571 g/mol. The summed E-state index contributed by atoms with van der Waals surface area (Å²) in [7, 11) is -7.96. The molecular weight excluding hydrogens is 549 g/mol. The predicted molar refractivity (Wildman–Crippen MR) is 138 cm³/mol. The normalized spacial score (nSPS) is 12.0. The third-order valence-corrected chi connectivity index (χ3v) is 8.63. The maximum atomic E-state index is 13.6. The Kier molecular flexibility index (Phi) is 8.98. The fourth-order valence-corrected chi connectivity index (χ4v) is 6.04. The van der Waals surface area contributed by atoms with Crippen molar-refractivity contribution >= 4 is 54.9 Å². The summed E-state index contributed by atoms with van der Waals surface area (Å²) in [6, 6.07) is 16.7. The molecule has 0 unspecified atom stereocenters. The van der Waals surface area contributed by atoms with Gasteiger partial charge in [0.05, 0.1) is 9.92 Å². The Hall–Kier alpha value is -2.67. The molecule has 0 aliphatic rings. The van der Waals surface area contributed by atoms with Gasteiger partial charge in [-0.3, -0.25) is 4.79 Å². The van der Waals surface area contributed by atoms with E-state index in [1.165, 1.54) is 34.6 Å². The maximum absolute atomic E-state index is 13.6. The first kappa shape index (κ1) is 27.9. The van der Waals surface area contributed by atoms with Crippen molar-refractivity contribution in [3.63, 3.8) is 0 Å². The highest BCUT2D eigenvalue weighted by Gasteiger charge is 2.27. The molecule has 36 heavy (non-hydrogen) atoms. The standard InChI is InChI=1S/C23H23Cl2N3O6S2/c24-18-6-9-21(25)22(13-18)36(33,34)28(11-10-16-4-7-20(8-5-16)35(26,31)32)15-17-2-1-3-19(12-17)27-14-23(29)30/h1-9,12-13,27H,10-11,14-15H2,(H,29,30)(H2,26,31,32). The molecule has 9 nitrogen and oxygen atoms in total. The number of anilines is 1. The van der Waals surface area contributed by atoms with Crippen LogP contribution in [0.5, 0.6) is 0 Å². The minimum Gasteiger partial charge on any atom is -0.480 e. The molecule has 4 N–H and O–H groups in total. The predicted octanol–water partition coefficient (Wildman–Crippen LogP) is 3.57. The second kappa shape index (κ2) is 11.6. The van der Waals surface area contributed by atoms with Crippen molar-refractivity contribution in [2.45, 2.75) is 22.8 Å². The van der Waals surface area contributed by atoms with Gasteiger partial charge in [0.1, 0.15) is 11.4 Å². The minimum atomic E-state index is -4.11. The molecule has 0 fully saturated rings. The van der Waals surface area contributed by atoms with Gasteiger partial charge in [0.2, 0.25) is 20.0 Å². The lowest BCUT2D eigenvalue weighted by atomic mass is 10.1. The molecule has 3 aromatic rings. The van der Waals surface area contributed by atoms with E-state index < -0.39 is 26.0 Å². The van der Waals surface area contributed by atoms with Crippen LogP contribution < -0.4 is 10.5 Å². The van der Waals surface area contributed by atoms with Crippen molar-refractivity contribution in [3.05, 3.63) is 87.9 Å². The number of aliphatic carboxylic acids is 1. The summed E-state index contributed by atoms with van der Waals surface area (Å²) in [6.07, 6.45) is 0.263. The molecule has 0 atom stereocenters. The Morgan fingerprint density at radius 2 is 1.64 bits per heavy atom. The smallest absolute Gasteiger partial charge is 0.322 e. The van der Waals surface area contributed by atoms with Crippen LogP contribution in [0.2, 0.25) is 10.0 Å². The van der Waals surface area contributed by atoms with Gasteiger partial charge in [-0.1, -0.05) is 47.5 Å². The largest absolute Gasteiger partial charge is 0.480 e. The number of nitrogens with two attached hydrogens (primary N) is 1. The Morgan fingerprint density at radius 1 is 0.944 bits per heavy atom. The zero-order valence-corrected chi connectivity index (χ0v) is 21.9. The average molecular weight is 572 g/mol. The lowest BCUT2D eigenvalue weighted by molar-refractivity contribution is -0.134. The second-order valence-electron chi connectivity index (χ2n) is 7.80. The number of primary sulfonamides is 1. The van der Waals surface area contributed by atoms with Crippen molar-refractivity contribution in [3.8, 4) is 0 Å². The summed E-state index contributed by atoms with van der Waals surface area (Å²) in [4.78, 5) is 10.7. The first-order chi connectivity index (χ1) is 16.9. The zero-order valence-electron chi connectivity index (χ0n) is 18.8. The fourth-order valence-electron chi connectivity index (χ4n) is 3.36. The first-order valence-corrected chi connectivity index (χ1v) is 14.2. The van der Waals surface area contributed by atoms with Gasteiger partial charge in [-0.05, 0) is 60.0 Å². The quantitative estimate of drug-likeness (QED) is 0.318. The van der Waals surface area contributed by atoms with Crippen LogP contribution in [0.1, 0.15) is 11.1 Å². The molecule has 0 saturated heterocycles. The lowest BCUT2D eigenvalue weighted by Crippen LogP contribution is -2.33. The number of nitrogens with one attached hydrogen (secondary N) is 1. The van der Waals surface area contributed by atoms with E-state index in [4.69, 9.17) is 33.4 Å². The van der Waals surface area contributed by atoms with Gasteiger partial charge in [0.15, 0.2) is 0 Å². The lowest BCUT2D eigenvalue weighted by Gasteiger charge is -2.23. The fraction of sp³-hybridized carbons (Fsp3) is 0.174. The summed E-state index contributed by atoms with van der Waals surface area (Å²) in [5, 5.41) is 17.0. The zero-order chi connectivity index (χ0) is 26.5. The van der Waals surface area contributed by atoms with Crippen LogP contribution in [0, 0.1) is 0 Å². The molecule has 0 aromatic heterocycles. The molecule has 192 valence electrons. The van der Waals surface area contributed by atoms with Gasteiger partial charge in [0.25, 0.3) is 0 Å². The molecule has 0 bridgehead atoms. The Balaban J connectivity index is 1.91. The number of halogens is 2. The Labute approximate surface area is 219 Å². The number of benzene rings is 3. The summed E-state index contributed by atoms with van der Waals surface area (Å²) in [5.74, 6) is -1.03. The molecule has 13 heteroatoms. The van der Waals surface area contributed by atoms with E-state index in [-0.39, 0.29) is 45.9 Å². The molecule has 0 aliphatic carbocycles. The SMILES string of the molecule is NS(=O)(=O)c1ccc(CCN(Cc2cccc(NCC(=O)O)c2)S(=O)(=O)c2cc(Cl)ccc2Cl)cc1. The van der Waals surface area contributed by atoms with Crippen molar-refractivity contribution in [2.75, 3.05) is 18.4 Å². The number of carbonyl (C=O) groups is 1. The van der Waals surface area contributed by atoms with Crippen LogP contribution in [0.25, 0.3) is 0 Å². The van der Waals surface area contributed by atoms with Gasteiger partial charge >= 0.3 is 5.97 Å². The summed E-state index contributed by atoms with van der Waals surface area (Å²) >= 11 is 12.2. The summed E-state index contributed by atoms with van der Waals surface area (Å²) in [6.45, 7) is -0.298. The average Bonchev–Trinajstić information content (AvgIpc) is 2.81. The number of carboxylic acids is 1. The number of hydrogen-bond donors (Lipinski definition) is 3. The summed E-state index contributed by atoms with van der Waals surface area (Å²) in [5.41, 5.74) is 1.82. The third kappa shape index (κ3) is 7.42. The van der Waals surface area contributed by atoms with Crippen LogP contribution in [0.4, 0.5) is 5.69 Å². The number of nitrogens with zero attached hydrogens (tertiary/aromatic N) is 1. The third-order valence-electron chi connectivity index (χ3n) is 5.14. The van der Waals surface area contributed by atoms with Crippen molar-refractivity contribution < 1.29 is 26.7 Å². The number of carboxylic acid groups (broad SMARTS) is 1. The minimum absolute atomic E-state index is 0.0128. The highest BCUT2D eigenvalue weighted by atomic mass is 35.5. The molecular formula is C23H23Cl2N3O6S2. The highest BCUT2D eigenvalue weighted by Crippen LogP contribution is 2.29. The van der Waals surface area contributed by atoms with Gasteiger partial charge in [-0.15, -0.1) is 0 Å². The first-order valence-electron chi connectivity index (χ1n) is 10.5. The van der Waals surface area contributed by atoms with Crippen molar-refractivity contribution in [1.82, 2.24) is 4.31 Å². The van der Waals surface area contributed by atoms with Gasteiger partial charge in [0, 0.05) is 23.8 Å². The van der Waals surface area contributed by atoms with Crippen LogP contribution in [0.15, 0.2) is 76.5 Å². The van der Waals surface area contributed by atoms with E-state index in [2.05, 4.69) is 5.32 Å². The number of hydrogen-bond acceptors (Lipinski definition) is 6. The van der Waals surface area contributed by atoms with Crippen LogP contribution in [0.3, 0.4) is 0 Å². The van der Waals surface area contributed by atoms with E-state index in [1.807, 2.05) is 0 Å². The second-order valence-corrected chi connectivity index (χ2v) is 12.1. The van der Waals surface area contributed by atoms with Gasteiger partial charge in [-0.25, -0.2) is 22.0 Å². The molecule has 0 saturated carbocycles. The van der Waals surface area contributed by atoms with Gasteiger partial charge < -0.3 is 10.4 Å². The van der Waals surface area contributed by atoms with E-state index in [9.17, 15) is 21.6 Å². The molecule has 0 aliphatic heterocycles. The van der Waals surface area contributed by atoms with Crippen LogP contribution >= 0.6 is 23.2 Å².